The van der Waals surface area contributed by atoms with Crippen molar-refractivity contribution in [1.29, 1.82) is 0 Å². The van der Waals surface area contributed by atoms with Crippen LogP contribution in [0.1, 0.15) is 5.56 Å². The van der Waals surface area contributed by atoms with Gasteiger partial charge in [0.25, 0.3) is 0 Å². The predicted molar refractivity (Wildman–Crippen MR) is 78.2 cm³/mol. The number of anilines is 1. The summed E-state index contributed by atoms with van der Waals surface area (Å²) >= 11 is 6.18. The number of tetrazole rings is 1. The number of hydrogen-bond donors (Lipinski definition) is 1. The minimum atomic E-state index is -0.308. The number of nitrogens with zero attached hydrogens (tertiary/aromatic N) is 4. The Labute approximate surface area is 125 Å². The molecule has 0 aliphatic heterocycles. The highest BCUT2D eigenvalue weighted by atomic mass is 35.5. The lowest BCUT2D eigenvalue weighted by Crippen LogP contribution is -2.06. The van der Waals surface area contributed by atoms with E-state index in [0.717, 1.165) is 0 Å². The molecule has 21 heavy (non-hydrogen) atoms. The van der Waals surface area contributed by atoms with E-state index >= 15 is 0 Å². The first-order valence-corrected chi connectivity index (χ1v) is 6.58. The minimum Gasteiger partial charge on any atom is -0.398 e. The summed E-state index contributed by atoms with van der Waals surface area (Å²) in [5, 5.41) is 11.9. The maximum atomic E-state index is 13.7. The summed E-state index contributed by atoms with van der Waals surface area (Å²) in [6, 6.07) is 11.7. The summed E-state index contributed by atoms with van der Waals surface area (Å²) in [5.41, 5.74) is 7.32. The van der Waals surface area contributed by atoms with E-state index in [-0.39, 0.29) is 12.4 Å². The lowest BCUT2D eigenvalue weighted by atomic mass is 10.1. The highest BCUT2D eigenvalue weighted by molar-refractivity contribution is 6.35. The molecule has 2 aromatic carbocycles. The fourth-order valence-electron chi connectivity index (χ4n) is 2.01. The summed E-state index contributed by atoms with van der Waals surface area (Å²) in [6.45, 7) is 0.208. The molecule has 3 aromatic rings. The predicted octanol–water partition coefficient (Wildman–Crippen LogP) is 2.76. The van der Waals surface area contributed by atoms with Crippen LogP contribution in [0, 0.1) is 5.82 Å². The van der Waals surface area contributed by atoms with Crippen molar-refractivity contribution in [2.75, 3.05) is 5.73 Å². The van der Waals surface area contributed by atoms with Gasteiger partial charge in [-0.3, -0.25) is 0 Å². The van der Waals surface area contributed by atoms with Gasteiger partial charge in [0.1, 0.15) is 5.82 Å². The van der Waals surface area contributed by atoms with Crippen molar-refractivity contribution >= 4 is 17.3 Å². The number of rotatable bonds is 3. The Morgan fingerprint density at radius 3 is 2.76 bits per heavy atom. The molecule has 1 heterocycles. The van der Waals surface area contributed by atoms with Crippen LogP contribution in [0.15, 0.2) is 42.5 Å². The summed E-state index contributed by atoms with van der Waals surface area (Å²) < 4.78 is 15.2. The van der Waals surface area contributed by atoms with Gasteiger partial charge in [-0.2, -0.15) is 0 Å². The number of halogens is 2. The maximum absolute atomic E-state index is 13.7. The Balaban J connectivity index is 2.02. The molecule has 1 aromatic heterocycles. The molecule has 0 amide bonds. The Morgan fingerprint density at radius 2 is 1.95 bits per heavy atom. The monoisotopic (exact) mass is 303 g/mol. The smallest absolute Gasteiger partial charge is 0.183 e. The summed E-state index contributed by atoms with van der Waals surface area (Å²) in [5.74, 6) is 0.133. The van der Waals surface area contributed by atoms with E-state index in [9.17, 15) is 4.39 Å². The first-order valence-electron chi connectivity index (χ1n) is 6.21. The Bertz CT molecular complexity index is 787. The number of nitrogen functional groups attached to an aromatic ring is 1. The molecule has 0 atom stereocenters. The Kier molecular flexibility index (Phi) is 3.53. The molecule has 0 fully saturated rings. The first kappa shape index (κ1) is 13.5. The van der Waals surface area contributed by atoms with Gasteiger partial charge in [0.05, 0.1) is 17.3 Å². The first-order chi connectivity index (χ1) is 10.2. The van der Waals surface area contributed by atoms with Crippen LogP contribution in [0.2, 0.25) is 5.02 Å². The van der Waals surface area contributed by atoms with Crippen molar-refractivity contribution in [3.05, 3.63) is 58.9 Å². The molecule has 0 radical (unpaired) electrons. The zero-order valence-electron chi connectivity index (χ0n) is 10.9. The standard InChI is InChI=1S/C14H11ClFN5/c15-13-10(5-3-7-12(13)17)14-18-19-20-21(14)8-9-4-1-2-6-11(9)16/h1-7H,8,17H2. The van der Waals surface area contributed by atoms with E-state index < -0.39 is 0 Å². The highest BCUT2D eigenvalue weighted by Gasteiger charge is 2.15. The lowest BCUT2D eigenvalue weighted by Gasteiger charge is -2.08. The van der Waals surface area contributed by atoms with Gasteiger partial charge < -0.3 is 5.73 Å². The second-order valence-corrected chi connectivity index (χ2v) is 4.84. The molecule has 2 N–H and O–H groups in total. The van der Waals surface area contributed by atoms with Crippen LogP contribution in [-0.2, 0) is 6.54 Å². The van der Waals surface area contributed by atoms with Crippen LogP contribution < -0.4 is 5.73 Å². The normalized spacial score (nSPS) is 10.8. The molecule has 0 unspecified atom stereocenters. The highest BCUT2D eigenvalue weighted by Crippen LogP contribution is 2.30. The largest absolute Gasteiger partial charge is 0.398 e. The van der Waals surface area contributed by atoms with E-state index in [0.29, 0.717) is 27.7 Å². The second-order valence-electron chi connectivity index (χ2n) is 4.46. The summed E-state index contributed by atoms with van der Waals surface area (Å²) in [6.07, 6.45) is 0. The molecule has 106 valence electrons. The van der Waals surface area contributed by atoms with Gasteiger partial charge in [-0.05, 0) is 28.6 Å². The molecular formula is C14H11ClFN5. The Morgan fingerprint density at radius 1 is 1.14 bits per heavy atom. The number of nitrogens with two attached hydrogens (primary N) is 1. The second kappa shape index (κ2) is 5.49. The van der Waals surface area contributed by atoms with Crippen molar-refractivity contribution in [1.82, 2.24) is 20.2 Å². The van der Waals surface area contributed by atoms with E-state index in [2.05, 4.69) is 15.5 Å². The van der Waals surface area contributed by atoms with E-state index in [1.807, 2.05) is 0 Å². The number of hydrogen-bond acceptors (Lipinski definition) is 4. The third-order valence-electron chi connectivity index (χ3n) is 3.08. The van der Waals surface area contributed by atoms with Crippen LogP contribution in [-0.4, -0.2) is 20.2 Å². The van der Waals surface area contributed by atoms with Gasteiger partial charge in [-0.15, -0.1) is 5.10 Å². The number of benzene rings is 2. The van der Waals surface area contributed by atoms with Gasteiger partial charge in [0.15, 0.2) is 5.82 Å². The van der Waals surface area contributed by atoms with Crippen LogP contribution in [0.4, 0.5) is 10.1 Å². The molecule has 0 saturated carbocycles. The fraction of sp³-hybridized carbons (Fsp3) is 0.0714. The van der Waals surface area contributed by atoms with E-state index in [1.165, 1.54) is 10.7 Å². The molecule has 0 spiro atoms. The van der Waals surface area contributed by atoms with Gasteiger partial charge in [-0.1, -0.05) is 35.9 Å². The summed E-state index contributed by atoms with van der Waals surface area (Å²) in [4.78, 5) is 0. The molecule has 3 rings (SSSR count). The molecule has 0 bridgehead atoms. The number of aromatic nitrogens is 4. The van der Waals surface area contributed by atoms with Crippen molar-refractivity contribution in [3.63, 3.8) is 0 Å². The summed E-state index contributed by atoms with van der Waals surface area (Å²) in [7, 11) is 0. The molecule has 7 heteroatoms. The van der Waals surface area contributed by atoms with Crippen LogP contribution in [0.25, 0.3) is 11.4 Å². The third kappa shape index (κ3) is 2.57. The lowest BCUT2D eigenvalue weighted by molar-refractivity contribution is 0.579. The molecule has 0 aliphatic rings. The van der Waals surface area contributed by atoms with Gasteiger partial charge in [0, 0.05) is 11.1 Å². The quantitative estimate of drug-likeness (QED) is 0.755. The maximum Gasteiger partial charge on any atom is 0.183 e. The van der Waals surface area contributed by atoms with Gasteiger partial charge >= 0.3 is 0 Å². The third-order valence-corrected chi connectivity index (χ3v) is 3.50. The van der Waals surface area contributed by atoms with Gasteiger partial charge in [-0.25, -0.2) is 9.07 Å². The molecular weight excluding hydrogens is 293 g/mol. The van der Waals surface area contributed by atoms with Crippen LogP contribution in [0.3, 0.4) is 0 Å². The van der Waals surface area contributed by atoms with Crippen molar-refractivity contribution < 1.29 is 4.39 Å². The average Bonchev–Trinajstić information content (AvgIpc) is 2.92. The fourth-order valence-corrected chi connectivity index (χ4v) is 2.23. The minimum absolute atomic E-state index is 0.208. The molecule has 0 aliphatic carbocycles. The van der Waals surface area contributed by atoms with Crippen molar-refractivity contribution in [3.8, 4) is 11.4 Å². The van der Waals surface area contributed by atoms with Crippen LogP contribution in [0.5, 0.6) is 0 Å². The van der Waals surface area contributed by atoms with Crippen molar-refractivity contribution in [2.24, 2.45) is 0 Å². The molecule has 0 saturated heterocycles. The SMILES string of the molecule is Nc1cccc(-c2nnnn2Cc2ccccc2F)c1Cl. The zero-order chi connectivity index (χ0) is 14.8. The van der Waals surface area contributed by atoms with E-state index in [4.69, 9.17) is 17.3 Å². The van der Waals surface area contributed by atoms with Gasteiger partial charge in [0.2, 0.25) is 0 Å². The molecule has 5 nitrogen and oxygen atoms in total. The van der Waals surface area contributed by atoms with Crippen molar-refractivity contribution in [2.45, 2.75) is 6.54 Å². The topological polar surface area (TPSA) is 69.6 Å². The van der Waals surface area contributed by atoms with E-state index in [1.54, 1.807) is 36.4 Å². The zero-order valence-corrected chi connectivity index (χ0v) is 11.6. The average molecular weight is 304 g/mol. The Hall–Kier alpha value is -2.47. The van der Waals surface area contributed by atoms with Crippen LogP contribution >= 0.6 is 11.6 Å².